The standard InChI is InChI=1S/C20H12Te2/c1-5-13-6-2-10-16-19(13)15(9-1)21-17-11-3-7-14-8-4-12-18(22-16)20(14)17/h1-12H. The van der Waals surface area contributed by atoms with Crippen LogP contribution in [0.1, 0.15) is 0 Å². The summed E-state index contributed by atoms with van der Waals surface area (Å²) in [7, 11) is 0. The molecule has 4 aromatic carbocycles. The third-order valence-electron chi connectivity index (χ3n) is 4.10. The average Bonchev–Trinajstić information content (AvgIpc) is 2.54. The summed E-state index contributed by atoms with van der Waals surface area (Å²) >= 11 is -0.686. The fourth-order valence-electron chi connectivity index (χ4n) is 3.12. The van der Waals surface area contributed by atoms with Gasteiger partial charge in [-0.2, -0.15) is 0 Å². The van der Waals surface area contributed by atoms with Gasteiger partial charge in [0.1, 0.15) is 0 Å². The second kappa shape index (κ2) is 5.26. The summed E-state index contributed by atoms with van der Waals surface area (Å²) in [5, 5.41) is 6.00. The van der Waals surface area contributed by atoms with Crippen LogP contribution in [0.4, 0.5) is 0 Å². The Morgan fingerprint density at radius 3 is 1.05 bits per heavy atom. The average molecular weight is 508 g/mol. The van der Waals surface area contributed by atoms with Crippen LogP contribution in [-0.4, -0.2) is 40.9 Å². The number of rotatable bonds is 0. The Hall–Kier alpha value is -1.02. The Morgan fingerprint density at radius 2 is 0.727 bits per heavy atom. The zero-order chi connectivity index (χ0) is 14.5. The van der Waals surface area contributed by atoms with E-state index in [1.54, 1.807) is 24.4 Å². The molecular formula is C20H12Te2. The van der Waals surface area contributed by atoms with Gasteiger partial charge in [-0.3, -0.25) is 0 Å². The minimum atomic E-state index is -0.343. The molecule has 2 heteroatoms. The predicted octanol–water partition coefficient (Wildman–Crippen LogP) is 4.98. The molecule has 0 amide bonds. The minimum absolute atomic E-state index is 0.343. The molecule has 0 bridgehead atoms. The summed E-state index contributed by atoms with van der Waals surface area (Å²) < 4.78 is 6.47. The van der Waals surface area contributed by atoms with Crippen LogP contribution in [0.25, 0.3) is 35.2 Å². The van der Waals surface area contributed by atoms with Crippen molar-refractivity contribution < 1.29 is 0 Å². The number of benzene rings is 4. The van der Waals surface area contributed by atoms with Crippen LogP contribution in [0, 0.1) is 0 Å². The van der Waals surface area contributed by atoms with Crippen LogP contribution in [0.15, 0.2) is 72.8 Å². The van der Waals surface area contributed by atoms with Crippen LogP contribution in [-0.2, 0) is 0 Å². The molecule has 0 saturated heterocycles. The summed E-state index contributed by atoms with van der Waals surface area (Å²) in [5.41, 5.74) is 0. The van der Waals surface area contributed by atoms with Crippen molar-refractivity contribution in [2.24, 2.45) is 0 Å². The molecular weight excluding hydrogens is 495 g/mol. The van der Waals surface area contributed by atoms with Crippen molar-refractivity contribution in [3.05, 3.63) is 72.8 Å². The van der Waals surface area contributed by atoms with Crippen LogP contribution in [0.5, 0.6) is 0 Å². The normalized spacial score (nSPS) is 11.6. The zero-order valence-corrected chi connectivity index (χ0v) is 16.4. The van der Waals surface area contributed by atoms with Crippen molar-refractivity contribution in [1.82, 2.24) is 0 Å². The van der Waals surface area contributed by atoms with E-state index in [2.05, 4.69) is 72.8 Å². The summed E-state index contributed by atoms with van der Waals surface area (Å²) in [6, 6.07) is 27.5. The van der Waals surface area contributed by atoms with Gasteiger partial charge in [0.05, 0.1) is 0 Å². The maximum absolute atomic E-state index is 2.37. The molecule has 0 atom stereocenters. The van der Waals surface area contributed by atoms with Gasteiger partial charge in [0, 0.05) is 0 Å². The quantitative estimate of drug-likeness (QED) is 0.260. The van der Waals surface area contributed by atoms with E-state index in [-0.39, 0.29) is 40.9 Å². The monoisotopic (exact) mass is 512 g/mol. The molecule has 0 unspecified atom stereocenters. The van der Waals surface area contributed by atoms with Gasteiger partial charge >= 0.3 is 149 Å². The van der Waals surface area contributed by atoms with E-state index in [1.165, 1.54) is 10.8 Å². The molecule has 5 aromatic rings. The van der Waals surface area contributed by atoms with Crippen LogP contribution >= 0.6 is 0 Å². The van der Waals surface area contributed by atoms with E-state index in [9.17, 15) is 0 Å². The number of hydrogen-bond acceptors (Lipinski definition) is 0. The molecule has 1 aromatic heterocycles. The molecule has 0 fully saturated rings. The van der Waals surface area contributed by atoms with Crippen molar-refractivity contribution in [3.63, 3.8) is 0 Å². The fraction of sp³-hybridized carbons (Fsp3) is 0. The van der Waals surface area contributed by atoms with Crippen molar-refractivity contribution in [2.45, 2.75) is 0 Å². The van der Waals surface area contributed by atoms with Crippen LogP contribution in [0.3, 0.4) is 0 Å². The van der Waals surface area contributed by atoms with Crippen LogP contribution < -0.4 is 0 Å². The van der Waals surface area contributed by atoms with Crippen molar-refractivity contribution in [2.75, 3.05) is 0 Å². The van der Waals surface area contributed by atoms with Crippen molar-refractivity contribution in [1.29, 1.82) is 0 Å². The molecule has 22 heavy (non-hydrogen) atoms. The van der Waals surface area contributed by atoms with Gasteiger partial charge in [-0.1, -0.05) is 0 Å². The van der Waals surface area contributed by atoms with Gasteiger partial charge < -0.3 is 0 Å². The Morgan fingerprint density at radius 1 is 0.409 bits per heavy atom. The van der Waals surface area contributed by atoms with E-state index in [4.69, 9.17) is 0 Å². The first kappa shape index (κ1) is 13.4. The van der Waals surface area contributed by atoms with E-state index >= 15 is 0 Å². The molecule has 0 saturated carbocycles. The summed E-state index contributed by atoms with van der Waals surface area (Å²) in [5.74, 6) is 0. The van der Waals surface area contributed by atoms with Gasteiger partial charge in [-0.05, 0) is 0 Å². The third-order valence-corrected chi connectivity index (χ3v) is 10.5. The summed E-state index contributed by atoms with van der Waals surface area (Å²) in [4.78, 5) is 0. The molecule has 104 valence electrons. The second-order valence-electron chi connectivity index (χ2n) is 5.42. The van der Waals surface area contributed by atoms with Crippen LogP contribution in [0.2, 0.25) is 0 Å². The molecule has 0 spiro atoms. The molecule has 0 N–H and O–H groups in total. The first-order chi connectivity index (χ1) is 10.9. The fourth-order valence-corrected chi connectivity index (χ4v) is 11.2. The Balaban J connectivity index is 2.20. The summed E-state index contributed by atoms with van der Waals surface area (Å²) in [6.07, 6.45) is 0. The zero-order valence-electron chi connectivity index (χ0n) is 11.7. The molecule has 0 radical (unpaired) electrons. The molecule has 0 aliphatic carbocycles. The molecule has 0 aliphatic rings. The first-order valence-corrected chi connectivity index (χ1v) is 12.0. The maximum atomic E-state index is 2.37. The first-order valence-electron chi connectivity index (χ1n) is 7.29. The SMILES string of the molecule is c1cc2cccc3[te]c4cccc5cccc([te]c(c1)c23)c54. The second-order valence-corrected chi connectivity index (χ2v) is 11.6. The van der Waals surface area contributed by atoms with Gasteiger partial charge in [0.25, 0.3) is 0 Å². The Kier molecular flexibility index (Phi) is 3.21. The third kappa shape index (κ3) is 2.03. The topological polar surface area (TPSA) is 0 Å². The molecule has 0 aliphatic heterocycles. The van der Waals surface area contributed by atoms with E-state index in [0.29, 0.717) is 0 Å². The van der Waals surface area contributed by atoms with E-state index in [1.807, 2.05) is 0 Å². The Labute approximate surface area is 147 Å². The number of hydrogen-bond donors (Lipinski definition) is 0. The van der Waals surface area contributed by atoms with Gasteiger partial charge in [-0.25, -0.2) is 0 Å². The Bertz CT molecular complexity index is 999. The van der Waals surface area contributed by atoms with Crippen molar-refractivity contribution >= 4 is 76.0 Å². The molecule has 0 nitrogen and oxygen atoms in total. The molecule has 5 rings (SSSR count). The van der Waals surface area contributed by atoms with Gasteiger partial charge in [0.15, 0.2) is 0 Å². The van der Waals surface area contributed by atoms with E-state index in [0.717, 1.165) is 0 Å². The van der Waals surface area contributed by atoms with Gasteiger partial charge in [-0.15, -0.1) is 0 Å². The predicted molar refractivity (Wildman–Crippen MR) is 99.2 cm³/mol. The molecule has 1 heterocycles. The van der Waals surface area contributed by atoms with Gasteiger partial charge in [0.2, 0.25) is 0 Å². The van der Waals surface area contributed by atoms with Crippen molar-refractivity contribution in [3.8, 4) is 0 Å². The van der Waals surface area contributed by atoms with E-state index < -0.39 is 0 Å². The summed E-state index contributed by atoms with van der Waals surface area (Å²) in [6.45, 7) is 0.